The van der Waals surface area contributed by atoms with E-state index in [9.17, 15) is 4.79 Å². The van der Waals surface area contributed by atoms with Crippen LogP contribution in [0.1, 0.15) is 31.2 Å². The molecule has 22 heavy (non-hydrogen) atoms. The van der Waals surface area contributed by atoms with Gasteiger partial charge in [0.2, 0.25) is 0 Å². The SMILES string of the molecule is O=C1N=C(N2CCCCCC2)S/C1=C\C=C\c1ccccc1. The second kappa shape index (κ2) is 7.45. The molecular weight excluding hydrogens is 292 g/mol. The molecule has 2 aliphatic heterocycles. The number of carbonyl (C=O) groups excluding carboxylic acids is 1. The highest BCUT2D eigenvalue weighted by Gasteiger charge is 2.25. The molecule has 1 aromatic rings. The van der Waals surface area contributed by atoms with Crippen LogP contribution >= 0.6 is 11.8 Å². The van der Waals surface area contributed by atoms with E-state index >= 15 is 0 Å². The summed E-state index contributed by atoms with van der Waals surface area (Å²) in [5.74, 6) is -0.109. The van der Waals surface area contributed by atoms with E-state index in [1.807, 2.05) is 48.6 Å². The Morgan fingerprint density at radius 1 is 1.05 bits per heavy atom. The summed E-state index contributed by atoms with van der Waals surface area (Å²) in [6, 6.07) is 10.1. The smallest absolute Gasteiger partial charge is 0.286 e. The Morgan fingerprint density at radius 3 is 2.50 bits per heavy atom. The molecule has 0 spiro atoms. The number of hydrogen-bond donors (Lipinski definition) is 0. The normalized spacial score (nSPS) is 21.5. The first-order valence-electron chi connectivity index (χ1n) is 7.82. The second-order valence-electron chi connectivity index (χ2n) is 5.50. The van der Waals surface area contributed by atoms with Crippen LogP contribution in [0.5, 0.6) is 0 Å². The number of amidine groups is 1. The van der Waals surface area contributed by atoms with Gasteiger partial charge in [0, 0.05) is 13.1 Å². The third-order valence-electron chi connectivity index (χ3n) is 3.82. The van der Waals surface area contributed by atoms with Gasteiger partial charge >= 0.3 is 0 Å². The average Bonchev–Trinajstić information content (AvgIpc) is 2.76. The molecule has 1 amide bonds. The molecule has 0 unspecified atom stereocenters. The zero-order valence-corrected chi connectivity index (χ0v) is 13.4. The van der Waals surface area contributed by atoms with Gasteiger partial charge in [-0.25, -0.2) is 0 Å². The monoisotopic (exact) mass is 312 g/mol. The number of likely N-dealkylation sites (tertiary alicyclic amines) is 1. The Balaban J connectivity index is 1.64. The molecule has 2 aliphatic rings. The van der Waals surface area contributed by atoms with Crippen LogP contribution in [0, 0.1) is 0 Å². The minimum atomic E-state index is -0.109. The molecule has 3 nitrogen and oxygen atoms in total. The van der Waals surface area contributed by atoms with Crippen molar-refractivity contribution in [3.63, 3.8) is 0 Å². The highest BCUT2D eigenvalue weighted by molar-refractivity contribution is 8.18. The van der Waals surface area contributed by atoms with E-state index in [4.69, 9.17) is 0 Å². The maximum atomic E-state index is 12.0. The van der Waals surface area contributed by atoms with Crippen LogP contribution in [0.4, 0.5) is 0 Å². The van der Waals surface area contributed by atoms with E-state index in [0.717, 1.165) is 23.8 Å². The van der Waals surface area contributed by atoms with Crippen LogP contribution < -0.4 is 0 Å². The van der Waals surface area contributed by atoms with Gasteiger partial charge in [0.1, 0.15) is 0 Å². The lowest BCUT2D eigenvalue weighted by Crippen LogP contribution is -2.28. The van der Waals surface area contributed by atoms with Crippen molar-refractivity contribution < 1.29 is 4.79 Å². The van der Waals surface area contributed by atoms with Crippen molar-refractivity contribution in [2.24, 2.45) is 4.99 Å². The number of rotatable bonds is 2. The fourth-order valence-electron chi connectivity index (χ4n) is 2.62. The molecule has 0 radical (unpaired) electrons. The molecule has 0 aliphatic carbocycles. The molecule has 114 valence electrons. The van der Waals surface area contributed by atoms with Crippen LogP contribution in [0.2, 0.25) is 0 Å². The molecule has 4 heteroatoms. The number of thioether (sulfide) groups is 1. The Morgan fingerprint density at radius 2 is 1.77 bits per heavy atom. The highest BCUT2D eigenvalue weighted by atomic mass is 32.2. The van der Waals surface area contributed by atoms with Crippen molar-refractivity contribution in [2.75, 3.05) is 13.1 Å². The molecule has 0 atom stereocenters. The van der Waals surface area contributed by atoms with Crippen molar-refractivity contribution in [3.05, 3.63) is 53.0 Å². The zero-order chi connectivity index (χ0) is 15.2. The molecule has 2 heterocycles. The molecular formula is C18H20N2OS. The minimum Gasteiger partial charge on any atom is -0.351 e. The lowest BCUT2D eigenvalue weighted by molar-refractivity contribution is -0.113. The summed E-state index contributed by atoms with van der Waals surface area (Å²) in [5, 5.41) is 0.881. The average molecular weight is 312 g/mol. The quantitative estimate of drug-likeness (QED) is 0.771. The van der Waals surface area contributed by atoms with Crippen LogP contribution in [0.15, 0.2) is 52.4 Å². The second-order valence-corrected chi connectivity index (χ2v) is 6.51. The number of benzene rings is 1. The molecule has 0 N–H and O–H groups in total. The maximum absolute atomic E-state index is 12.0. The minimum absolute atomic E-state index is 0.109. The summed E-state index contributed by atoms with van der Waals surface area (Å²) < 4.78 is 0. The van der Waals surface area contributed by atoms with E-state index in [1.54, 1.807) is 0 Å². The number of hydrogen-bond acceptors (Lipinski definition) is 3. The van der Waals surface area contributed by atoms with Gasteiger partial charge in [0.15, 0.2) is 5.17 Å². The highest BCUT2D eigenvalue weighted by Crippen LogP contribution is 2.29. The van der Waals surface area contributed by atoms with Crippen molar-refractivity contribution >= 4 is 28.9 Å². The van der Waals surface area contributed by atoms with E-state index < -0.39 is 0 Å². The summed E-state index contributed by atoms with van der Waals surface area (Å²) in [4.78, 5) is 19.2. The summed E-state index contributed by atoms with van der Waals surface area (Å²) >= 11 is 1.51. The first kappa shape index (κ1) is 15.1. The summed E-state index contributed by atoms with van der Waals surface area (Å²) in [6.45, 7) is 2.04. The van der Waals surface area contributed by atoms with Crippen molar-refractivity contribution in [3.8, 4) is 0 Å². The largest absolute Gasteiger partial charge is 0.351 e. The molecule has 1 fully saturated rings. The summed E-state index contributed by atoms with van der Waals surface area (Å²) in [6.07, 6.45) is 10.8. The number of nitrogens with zero attached hydrogens (tertiary/aromatic N) is 2. The first-order valence-corrected chi connectivity index (χ1v) is 8.64. The molecule has 3 rings (SSSR count). The molecule has 0 bridgehead atoms. The fraction of sp³-hybridized carbons (Fsp3) is 0.333. The van der Waals surface area contributed by atoms with Crippen LogP contribution in [0.3, 0.4) is 0 Å². The lowest BCUT2D eigenvalue weighted by Gasteiger charge is -2.20. The van der Waals surface area contributed by atoms with Gasteiger partial charge in [-0.15, -0.1) is 0 Å². The number of amides is 1. The van der Waals surface area contributed by atoms with Crippen molar-refractivity contribution in [1.29, 1.82) is 0 Å². The Labute approximate surface area is 135 Å². The number of allylic oxidation sites excluding steroid dienone is 2. The third kappa shape index (κ3) is 3.89. The summed E-state index contributed by atoms with van der Waals surface area (Å²) in [7, 11) is 0. The van der Waals surface area contributed by atoms with E-state index in [-0.39, 0.29) is 5.91 Å². The maximum Gasteiger partial charge on any atom is 0.286 e. The van der Waals surface area contributed by atoms with Crippen LogP contribution in [-0.2, 0) is 4.79 Å². The Bertz CT molecular complexity index is 611. The van der Waals surface area contributed by atoms with Gasteiger partial charge in [-0.3, -0.25) is 4.79 Å². The molecule has 0 saturated carbocycles. The topological polar surface area (TPSA) is 32.7 Å². The Hall–Kier alpha value is -1.81. The molecule has 1 saturated heterocycles. The molecule has 1 aromatic carbocycles. The fourth-order valence-corrected chi connectivity index (χ4v) is 3.54. The number of carbonyl (C=O) groups is 1. The first-order chi connectivity index (χ1) is 10.8. The lowest BCUT2D eigenvalue weighted by atomic mass is 10.2. The Kier molecular flexibility index (Phi) is 5.11. The van der Waals surface area contributed by atoms with Gasteiger partial charge in [0.25, 0.3) is 5.91 Å². The van der Waals surface area contributed by atoms with Crippen LogP contribution in [-0.4, -0.2) is 29.1 Å². The predicted octanol–water partition coefficient (Wildman–Crippen LogP) is 4.09. The van der Waals surface area contributed by atoms with Gasteiger partial charge in [-0.05, 0) is 36.2 Å². The zero-order valence-electron chi connectivity index (χ0n) is 12.6. The van der Waals surface area contributed by atoms with E-state index in [0.29, 0.717) is 4.91 Å². The number of aliphatic imine (C=N–C) groups is 1. The van der Waals surface area contributed by atoms with Gasteiger partial charge in [0.05, 0.1) is 4.91 Å². The molecule has 0 aromatic heterocycles. The van der Waals surface area contributed by atoms with Crippen molar-refractivity contribution in [2.45, 2.75) is 25.7 Å². The van der Waals surface area contributed by atoms with Crippen molar-refractivity contribution in [1.82, 2.24) is 4.90 Å². The summed E-state index contributed by atoms with van der Waals surface area (Å²) in [5.41, 5.74) is 1.13. The van der Waals surface area contributed by atoms with Gasteiger partial charge < -0.3 is 4.90 Å². The standard InChI is InChI=1S/C18H20N2OS/c21-17-16(12-8-11-15-9-4-3-5-10-15)22-18(19-17)20-13-6-1-2-7-14-20/h3-5,8-12H,1-2,6-7,13-14H2/b11-8+,16-12-. The van der Waals surface area contributed by atoms with Gasteiger partial charge in [-0.1, -0.05) is 55.3 Å². The van der Waals surface area contributed by atoms with Gasteiger partial charge in [-0.2, -0.15) is 4.99 Å². The van der Waals surface area contributed by atoms with Crippen LogP contribution in [0.25, 0.3) is 6.08 Å². The van der Waals surface area contributed by atoms with E-state index in [2.05, 4.69) is 9.89 Å². The van der Waals surface area contributed by atoms with E-state index in [1.165, 1.54) is 37.4 Å². The predicted molar refractivity (Wildman–Crippen MR) is 93.6 cm³/mol. The third-order valence-corrected chi connectivity index (χ3v) is 4.88.